The third-order valence-corrected chi connectivity index (χ3v) is 6.54. The van der Waals surface area contributed by atoms with Crippen LogP contribution in [0.4, 0.5) is 23.2 Å². The number of aryl methyl sites for hydroxylation is 1. The monoisotopic (exact) mass is 465 g/mol. The van der Waals surface area contributed by atoms with E-state index >= 15 is 0 Å². The number of alkyl halides is 3. The molecule has 0 spiro atoms. The Labute approximate surface area is 188 Å². The zero-order chi connectivity index (χ0) is 24.3. The van der Waals surface area contributed by atoms with E-state index in [9.17, 15) is 27.6 Å². The summed E-state index contributed by atoms with van der Waals surface area (Å²) in [6.07, 6.45) is -2.87. The van der Waals surface area contributed by atoms with Crippen LogP contribution in [0.3, 0.4) is 0 Å². The molecular formula is C24H25F4N2O3+. The number of rotatable bonds is 3. The zero-order valence-electron chi connectivity index (χ0n) is 18.7. The number of aliphatic hydroxyl groups is 1. The highest BCUT2D eigenvalue weighted by atomic mass is 19.4. The second kappa shape index (κ2) is 7.55. The summed E-state index contributed by atoms with van der Waals surface area (Å²) >= 11 is 0. The molecule has 0 bridgehead atoms. The minimum atomic E-state index is -4.98. The number of hydrogen-bond donors (Lipinski definition) is 2. The number of halogens is 4. The Morgan fingerprint density at radius 3 is 2.61 bits per heavy atom. The molecule has 1 aliphatic carbocycles. The number of benzene rings is 2. The maximum Gasteiger partial charge on any atom is 0.419 e. The first-order valence-corrected chi connectivity index (χ1v) is 10.5. The van der Waals surface area contributed by atoms with Crippen molar-refractivity contribution in [3.63, 3.8) is 0 Å². The van der Waals surface area contributed by atoms with Crippen molar-refractivity contribution in [3.8, 4) is 5.75 Å². The minimum absolute atomic E-state index is 0.0529. The van der Waals surface area contributed by atoms with Crippen LogP contribution >= 0.6 is 0 Å². The molecule has 33 heavy (non-hydrogen) atoms. The van der Waals surface area contributed by atoms with Crippen molar-refractivity contribution in [3.05, 3.63) is 69.0 Å². The smallest absolute Gasteiger partial charge is 0.419 e. The molecule has 176 valence electrons. The van der Waals surface area contributed by atoms with Crippen LogP contribution in [-0.2, 0) is 12.0 Å². The van der Waals surface area contributed by atoms with E-state index in [0.29, 0.717) is 21.6 Å². The highest BCUT2D eigenvalue weighted by Crippen LogP contribution is 2.57. The van der Waals surface area contributed by atoms with Gasteiger partial charge in [0.15, 0.2) is 17.2 Å². The molecular weight excluding hydrogens is 440 g/mol. The molecule has 1 aliphatic heterocycles. The van der Waals surface area contributed by atoms with Crippen molar-refractivity contribution in [2.24, 2.45) is 0 Å². The van der Waals surface area contributed by atoms with Crippen LogP contribution in [0.1, 0.15) is 54.1 Å². The SMILES string of the molecule is COc1c(F)c(C)cc2c1C(C)(C)CC(O)(C(F)(F)F)C2Nc1cccc2c1C=C[N+](=O)C2. The Morgan fingerprint density at radius 1 is 1.27 bits per heavy atom. The second-order valence-corrected chi connectivity index (χ2v) is 9.33. The van der Waals surface area contributed by atoms with Crippen LogP contribution in [-0.4, -0.2) is 28.8 Å². The first kappa shape index (κ1) is 23.2. The Balaban J connectivity index is 1.97. The summed E-state index contributed by atoms with van der Waals surface area (Å²) < 4.78 is 64.1. The number of nitrogens with zero attached hydrogens (tertiary/aromatic N) is 1. The molecule has 0 saturated carbocycles. The first-order valence-electron chi connectivity index (χ1n) is 10.5. The van der Waals surface area contributed by atoms with Crippen LogP contribution in [0.15, 0.2) is 30.5 Å². The summed E-state index contributed by atoms with van der Waals surface area (Å²) in [7, 11) is 1.27. The average molecular weight is 465 g/mol. The molecule has 1 heterocycles. The van der Waals surface area contributed by atoms with Crippen LogP contribution in [0.25, 0.3) is 6.08 Å². The standard InChI is InChI=1S/C24H25F4N2O3/c1-13-10-16-18(20(33-4)19(13)25)22(2,3)12-23(31,24(26,27)28)21(16)29-17-7-5-6-14-11-30(32)9-8-15(14)17/h5-10,21,29,31H,11-12H2,1-4H3/q+1. The number of nitrogens with one attached hydrogen (secondary N) is 1. The van der Waals surface area contributed by atoms with E-state index in [0.717, 1.165) is 0 Å². The van der Waals surface area contributed by atoms with Crippen molar-refractivity contribution in [2.75, 3.05) is 12.4 Å². The summed E-state index contributed by atoms with van der Waals surface area (Å²) in [6.45, 7) is 4.56. The molecule has 2 unspecified atom stereocenters. The van der Waals surface area contributed by atoms with E-state index in [4.69, 9.17) is 4.74 Å². The average Bonchev–Trinajstić information content (AvgIpc) is 2.71. The van der Waals surface area contributed by atoms with Crippen LogP contribution in [0, 0.1) is 17.6 Å². The van der Waals surface area contributed by atoms with Crippen molar-refractivity contribution >= 4 is 11.8 Å². The van der Waals surface area contributed by atoms with Crippen LogP contribution in [0.5, 0.6) is 5.75 Å². The highest BCUT2D eigenvalue weighted by molar-refractivity contribution is 5.71. The number of anilines is 1. The van der Waals surface area contributed by atoms with E-state index in [2.05, 4.69) is 5.32 Å². The highest BCUT2D eigenvalue weighted by Gasteiger charge is 2.64. The van der Waals surface area contributed by atoms with Gasteiger partial charge in [-0.15, -0.1) is 0 Å². The fourth-order valence-electron chi connectivity index (χ4n) is 5.10. The van der Waals surface area contributed by atoms with E-state index in [1.807, 2.05) is 0 Å². The fraction of sp³-hybridized carbons (Fsp3) is 0.417. The maximum atomic E-state index is 14.9. The Hall–Kier alpha value is -2.94. The van der Waals surface area contributed by atoms with Gasteiger partial charge in [-0.2, -0.15) is 13.2 Å². The van der Waals surface area contributed by atoms with Gasteiger partial charge in [0, 0.05) is 38.1 Å². The predicted molar refractivity (Wildman–Crippen MR) is 116 cm³/mol. The predicted octanol–water partition coefficient (Wildman–Crippen LogP) is 5.53. The number of fused-ring (bicyclic) bond motifs is 2. The number of methoxy groups -OCH3 is 1. The van der Waals surface area contributed by atoms with Gasteiger partial charge >= 0.3 is 6.18 Å². The van der Waals surface area contributed by atoms with Gasteiger partial charge in [-0.3, -0.25) is 0 Å². The number of nitroso groups, excluding NO2 is 1. The quantitative estimate of drug-likeness (QED) is 0.462. The molecule has 2 aromatic rings. The Bertz CT molecular complexity index is 1170. The van der Waals surface area contributed by atoms with Gasteiger partial charge in [-0.25, -0.2) is 4.39 Å². The van der Waals surface area contributed by atoms with Crippen molar-refractivity contribution in [1.82, 2.24) is 0 Å². The van der Waals surface area contributed by atoms with Crippen LogP contribution < -0.4 is 10.1 Å². The lowest BCUT2D eigenvalue weighted by Crippen LogP contribution is -2.58. The van der Waals surface area contributed by atoms with Gasteiger partial charge < -0.3 is 15.2 Å². The van der Waals surface area contributed by atoms with Gasteiger partial charge in [0.2, 0.25) is 12.7 Å². The Kier molecular flexibility index (Phi) is 5.31. The van der Waals surface area contributed by atoms with E-state index in [1.165, 1.54) is 46.2 Å². The third kappa shape index (κ3) is 3.58. The third-order valence-electron chi connectivity index (χ3n) is 6.54. The van der Waals surface area contributed by atoms with Gasteiger partial charge in [0.05, 0.1) is 13.2 Å². The maximum absolute atomic E-state index is 14.9. The molecule has 0 aromatic heterocycles. The Morgan fingerprint density at radius 2 is 1.97 bits per heavy atom. The summed E-state index contributed by atoms with van der Waals surface area (Å²) in [5, 5.41) is 14.1. The van der Waals surface area contributed by atoms with Crippen molar-refractivity contribution in [1.29, 1.82) is 0 Å². The molecule has 2 atom stereocenters. The number of hydrogen-bond acceptors (Lipinski definition) is 4. The molecule has 0 saturated heterocycles. The second-order valence-electron chi connectivity index (χ2n) is 9.33. The van der Waals surface area contributed by atoms with E-state index < -0.39 is 35.5 Å². The molecule has 5 nitrogen and oxygen atoms in total. The minimum Gasteiger partial charge on any atom is -0.493 e. The van der Waals surface area contributed by atoms with Crippen LogP contribution in [0.2, 0.25) is 0 Å². The lowest BCUT2D eigenvalue weighted by atomic mass is 9.63. The summed E-state index contributed by atoms with van der Waals surface area (Å²) in [4.78, 5) is 11.7. The molecule has 0 radical (unpaired) electrons. The van der Waals surface area contributed by atoms with Crippen molar-refractivity contribution < 1.29 is 32.2 Å². The topological polar surface area (TPSA) is 61.6 Å². The first-order chi connectivity index (χ1) is 15.3. The molecule has 0 fully saturated rings. The normalized spacial score (nSPS) is 23.7. The molecule has 2 N–H and O–H groups in total. The van der Waals surface area contributed by atoms with E-state index in [1.54, 1.807) is 18.2 Å². The van der Waals surface area contributed by atoms with E-state index in [-0.39, 0.29) is 29.0 Å². The number of ether oxygens (including phenoxy) is 1. The summed E-state index contributed by atoms with van der Waals surface area (Å²) in [5.41, 5.74) is -2.35. The molecule has 9 heteroatoms. The largest absolute Gasteiger partial charge is 0.493 e. The molecule has 2 aliphatic rings. The lowest BCUT2D eigenvalue weighted by molar-refractivity contribution is -0.496. The molecule has 0 amide bonds. The summed E-state index contributed by atoms with van der Waals surface area (Å²) in [6, 6.07) is 4.63. The fourth-order valence-corrected chi connectivity index (χ4v) is 5.10. The van der Waals surface area contributed by atoms with Gasteiger partial charge in [0.1, 0.15) is 0 Å². The van der Waals surface area contributed by atoms with Crippen molar-refractivity contribution in [2.45, 2.75) is 57.0 Å². The van der Waals surface area contributed by atoms with Gasteiger partial charge in [-0.05, 0) is 36.0 Å². The molecule has 4 rings (SSSR count). The van der Waals surface area contributed by atoms with Gasteiger partial charge in [0.25, 0.3) is 0 Å². The zero-order valence-corrected chi connectivity index (χ0v) is 18.7. The molecule has 2 aromatic carbocycles. The van der Waals surface area contributed by atoms with Gasteiger partial charge in [-0.1, -0.05) is 32.0 Å². The lowest BCUT2D eigenvalue weighted by Gasteiger charge is -2.49. The summed E-state index contributed by atoms with van der Waals surface area (Å²) in [5.74, 6) is -0.765.